The van der Waals surface area contributed by atoms with Crippen LogP contribution in [0.2, 0.25) is 0 Å². The van der Waals surface area contributed by atoms with Crippen molar-refractivity contribution in [2.24, 2.45) is 0 Å². The Balaban J connectivity index is 1.93. The Morgan fingerprint density at radius 1 is 1.28 bits per heavy atom. The van der Waals surface area contributed by atoms with Crippen molar-refractivity contribution in [2.45, 2.75) is 26.2 Å². The summed E-state index contributed by atoms with van der Waals surface area (Å²) < 4.78 is 24.2. The standard InChI is InChI=1S/C21H25FN2O5/c1-3-29-21(27)20-14(2)24(13-19(26)23-7-9-28-10-8-23)18(25)12-17(20)15-5-4-6-16(22)11-15/h4-6,11,17H,3,7-10,12-13H2,1-2H3/t17-/m1/s1. The predicted octanol–water partition coefficient (Wildman–Crippen LogP) is 1.84. The van der Waals surface area contributed by atoms with Gasteiger partial charge in [-0.3, -0.25) is 9.59 Å². The number of carbonyl (C=O) groups is 3. The van der Waals surface area contributed by atoms with Crippen LogP contribution in [0.3, 0.4) is 0 Å². The number of hydrogen-bond acceptors (Lipinski definition) is 5. The van der Waals surface area contributed by atoms with Gasteiger partial charge in [-0.2, -0.15) is 0 Å². The van der Waals surface area contributed by atoms with Crippen LogP contribution in [-0.2, 0) is 23.9 Å². The molecule has 2 aliphatic rings. The molecule has 2 aliphatic heterocycles. The zero-order chi connectivity index (χ0) is 21.0. The number of benzene rings is 1. The largest absolute Gasteiger partial charge is 0.463 e. The average Bonchev–Trinajstić information content (AvgIpc) is 2.71. The summed E-state index contributed by atoms with van der Waals surface area (Å²) in [6.07, 6.45) is -0.0364. The van der Waals surface area contributed by atoms with Crippen molar-refractivity contribution in [1.82, 2.24) is 9.80 Å². The summed E-state index contributed by atoms with van der Waals surface area (Å²) in [5.74, 6) is -2.11. The summed E-state index contributed by atoms with van der Waals surface area (Å²) >= 11 is 0. The summed E-state index contributed by atoms with van der Waals surface area (Å²) in [5, 5.41) is 0. The Morgan fingerprint density at radius 3 is 2.66 bits per heavy atom. The maximum absolute atomic E-state index is 13.8. The number of nitrogens with zero attached hydrogens (tertiary/aromatic N) is 2. The molecule has 7 nitrogen and oxygen atoms in total. The Hall–Kier alpha value is -2.74. The van der Waals surface area contributed by atoms with E-state index in [1.54, 1.807) is 30.9 Å². The number of hydrogen-bond donors (Lipinski definition) is 0. The molecule has 3 rings (SSSR count). The molecule has 0 N–H and O–H groups in total. The third-order valence-corrected chi connectivity index (χ3v) is 5.23. The monoisotopic (exact) mass is 404 g/mol. The molecule has 0 saturated carbocycles. The van der Waals surface area contributed by atoms with E-state index in [-0.39, 0.29) is 37.0 Å². The van der Waals surface area contributed by atoms with Gasteiger partial charge in [-0.15, -0.1) is 0 Å². The minimum absolute atomic E-state index is 0.0364. The van der Waals surface area contributed by atoms with Gasteiger partial charge in [-0.1, -0.05) is 12.1 Å². The SMILES string of the molecule is CCOC(=O)C1=C(C)N(CC(=O)N2CCOCC2)C(=O)C[C@@H]1c1cccc(F)c1. The highest BCUT2D eigenvalue weighted by Gasteiger charge is 2.38. The van der Waals surface area contributed by atoms with E-state index in [1.165, 1.54) is 17.0 Å². The summed E-state index contributed by atoms with van der Waals surface area (Å²) in [6.45, 7) is 5.21. The molecule has 156 valence electrons. The number of allylic oxidation sites excluding steroid dienone is 1. The van der Waals surface area contributed by atoms with Crippen molar-refractivity contribution in [3.8, 4) is 0 Å². The van der Waals surface area contributed by atoms with E-state index in [9.17, 15) is 18.8 Å². The number of carbonyl (C=O) groups excluding carboxylic acids is 3. The van der Waals surface area contributed by atoms with Crippen LogP contribution in [0.25, 0.3) is 0 Å². The summed E-state index contributed by atoms with van der Waals surface area (Å²) in [6, 6.07) is 5.85. The molecule has 0 aliphatic carbocycles. The predicted molar refractivity (Wildman–Crippen MR) is 102 cm³/mol. The molecule has 0 spiro atoms. The minimum Gasteiger partial charge on any atom is -0.463 e. The molecule has 29 heavy (non-hydrogen) atoms. The van der Waals surface area contributed by atoms with Crippen LogP contribution in [0.1, 0.15) is 31.7 Å². The fourth-order valence-corrected chi connectivity index (χ4v) is 3.73. The molecule has 2 heterocycles. The van der Waals surface area contributed by atoms with E-state index >= 15 is 0 Å². The molecule has 0 bridgehead atoms. The molecular weight excluding hydrogens is 379 g/mol. The second kappa shape index (κ2) is 9.17. The van der Waals surface area contributed by atoms with Gasteiger partial charge in [0, 0.05) is 31.1 Å². The van der Waals surface area contributed by atoms with Gasteiger partial charge in [0.2, 0.25) is 11.8 Å². The van der Waals surface area contributed by atoms with Gasteiger partial charge >= 0.3 is 5.97 Å². The highest BCUT2D eigenvalue weighted by Crippen LogP contribution is 2.37. The highest BCUT2D eigenvalue weighted by molar-refractivity contribution is 5.97. The van der Waals surface area contributed by atoms with E-state index < -0.39 is 17.7 Å². The van der Waals surface area contributed by atoms with E-state index in [4.69, 9.17) is 9.47 Å². The molecule has 1 aromatic rings. The molecule has 1 saturated heterocycles. The second-order valence-corrected chi connectivity index (χ2v) is 7.00. The molecule has 0 radical (unpaired) electrons. The molecule has 1 atom stereocenters. The van der Waals surface area contributed by atoms with Crippen LogP contribution in [0.5, 0.6) is 0 Å². The third kappa shape index (κ3) is 4.64. The van der Waals surface area contributed by atoms with Crippen LogP contribution in [0, 0.1) is 5.82 Å². The van der Waals surface area contributed by atoms with E-state index in [0.29, 0.717) is 37.6 Å². The number of rotatable bonds is 5. The summed E-state index contributed by atoms with van der Waals surface area (Å²) in [4.78, 5) is 41.2. The summed E-state index contributed by atoms with van der Waals surface area (Å²) in [7, 11) is 0. The molecule has 8 heteroatoms. The van der Waals surface area contributed by atoms with Gasteiger partial charge < -0.3 is 19.3 Å². The Kier molecular flexibility index (Phi) is 6.64. The first kappa shape index (κ1) is 21.0. The third-order valence-electron chi connectivity index (χ3n) is 5.23. The van der Waals surface area contributed by atoms with Gasteiger partial charge in [-0.05, 0) is 31.5 Å². The fraction of sp³-hybridized carbons (Fsp3) is 0.476. The second-order valence-electron chi connectivity index (χ2n) is 7.00. The number of ether oxygens (including phenoxy) is 2. The fourth-order valence-electron chi connectivity index (χ4n) is 3.73. The topological polar surface area (TPSA) is 76.2 Å². The smallest absolute Gasteiger partial charge is 0.336 e. The lowest BCUT2D eigenvalue weighted by Gasteiger charge is -2.36. The van der Waals surface area contributed by atoms with Crippen LogP contribution in [0.4, 0.5) is 4.39 Å². The lowest BCUT2D eigenvalue weighted by atomic mass is 9.83. The first-order valence-electron chi connectivity index (χ1n) is 9.71. The Bertz CT molecular complexity index is 832. The first-order chi connectivity index (χ1) is 13.9. The summed E-state index contributed by atoms with van der Waals surface area (Å²) in [5.41, 5.74) is 1.18. The Morgan fingerprint density at radius 2 is 2.00 bits per heavy atom. The van der Waals surface area contributed by atoms with Gasteiger partial charge in [-0.25, -0.2) is 9.18 Å². The maximum atomic E-state index is 13.8. The van der Waals surface area contributed by atoms with Gasteiger partial charge in [0.1, 0.15) is 12.4 Å². The Labute approximate surface area is 169 Å². The normalized spacial score (nSPS) is 20.1. The van der Waals surface area contributed by atoms with Crippen LogP contribution >= 0.6 is 0 Å². The molecule has 0 aromatic heterocycles. The molecule has 0 unspecified atom stereocenters. The van der Waals surface area contributed by atoms with E-state index in [0.717, 1.165) is 0 Å². The van der Waals surface area contributed by atoms with Crippen molar-refractivity contribution in [3.63, 3.8) is 0 Å². The average molecular weight is 404 g/mol. The van der Waals surface area contributed by atoms with Gasteiger partial charge in [0.05, 0.1) is 25.4 Å². The number of esters is 1. The first-order valence-corrected chi connectivity index (χ1v) is 9.71. The van der Waals surface area contributed by atoms with Crippen molar-refractivity contribution in [2.75, 3.05) is 39.5 Å². The number of halogens is 1. The van der Waals surface area contributed by atoms with Crippen molar-refractivity contribution < 1.29 is 28.2 Å². The highest BCUT2D eigenvalue weighted by atomic mass is 19.1. The van der Waals surface area contributed by atoms with Crippen molar-refractivity contribution in [1.29, 1.82) is 0 Å². The van der Waals surface area contributed by atoms with Crippen LogP contribution in [0.15, 0.2) is 35.5 Å². The zero-order valence-corrected chi connectivity index (χ0v) is 16.7. The molecule has 1 aromatic carbocycles. The van der Waals surface area contributed by atoms with E-state index in [2.05, 4.69) is 0 Å². The number of amides is 2. The zero-order valence-electron chi connectivity index (χ0n) is 16.7. The minimum atomic E-state index is -0.619. The van der Waals surface area contributed by atoms with Gasteiger partial charge in [0.25, 0.3) is 0 Å². The van der Waals surface area contributed by atoms with Crippen LogP contribution < -0.4 is 0 Å². The lowest BCUT2D eigenvalue weighted by molar-refractivity contribution is -0.144. The maximum Gasteiger partial charge on any atom is 0.336 e. The molecular formula is C21H25FN2O5. The lowest BCUT2D eigenvalue weighted by Crippen LogP contribution is -2.48. The van der Waals surface area contributed by atoms with Gasteiger partial charge in [0.15, 0.2) is 0 Å². The number of morpholine rings is 1. The van der Waals surface area contributed by atoms with E-state index in [1.807, 2.05) is 0 Å². The molecule has 2 amide bonds. The quantitative estimate of drug-likeness (QED) is 0.700. The van der Waals surface area contributed by atoms with Crippen molar-refractivity contribution in [3.05, 3.63) is 46.9 Å². The van der Waals surface area contributed by atoms with Crippen LogP contribution in [-0.4, -0.2) is 67.0 Å². The van der Waals surface area contributed by atoms with Crippen molar-refractivity contribution >= 4 is 17.8 Å². The molecule has 1 fully saturated rings.